The van der Waals surface area contributed by atoms with Crippen molar-refractivity contribution < 1.29 is 0 Å². The van der Waals surface area contributed by atoms with Gasteiger partial charge in [-0.3, -0.25) is 0 Å². The third-order valence-electron chi connectivity index (χ3n) is 1.61. The molecule has 0 aliphatic rings. The van der Waals surface area contributed by atoms with Crippen LogP contribution in [0.3, 0.4) is 0 Å². The fraction of sp³-hybridized carbons (Fsp3) is 0.125. The van der Waals surface area contributed by atoms with Crippen molar-refractivity contribution in [1.82, 2.24) is 25.2 Å². The van der Waals surface area contributed by atoms with Crippen LogP contribution < -0.4 is 0 Å². The summed E-state index contributed by atoms with van der Waals surface area (Å²) in [5.41, 5.74) is 0.861. The first-order valence-electron chi connectivity index (χ1n) is 3.75. The normalized spacial score (nSPS) is 9.77. The van der Waals surface area contributed by atoms with Gasteiger partial charge in [0, 0.05) is 6.20 Å². The van der Waals surface area contributed by atoms with Crippen LogP contribution in [0.4, 0.5) is 0 Å². The third kappa shape index (κ3) is 1.29. The van der Waals surface area contributed by atoms with Gasteiger partial charge >= 0.3 is 0 Å². The highest BCUT2D eigenvalue weighted by Gasteiger charge is 2.07. The predicted molar refractivity (Wildman–Crippen MR) is 46.4 cm³/mol. The Kier molecular flexibility index (Phi) is 1.81. The largest absolute Gasteiger partial charge is 0.359 e. The van der Waals surface area contributed by atoms with Crippen molar-refractivity contribution in [3.63, 3.8) is 0 Å². The van der Waals surface area contributed by atoms with Gasteiger partial charge in [-0.1, -0.05) is 5.92 Å². The van der Waals surface area contributed by atoms with E-state index in [0.717, 1.165) is 5.69 Å². The predicted octanol–water partition coefficient (Wildman–Crippen LogP) is 0.301. The van der Waals surface area contributed by atoms with E-state index in [9.17, 15) is 0 Å². The Balaban J connectivity index is 2.42. The van der Waals surface area contributed by atoms with Gasteiger partial charge in [0.05, 0.1) is 5.69 Å². The summed E-state index contributed by atoms with van der Waals surface area (Å²) in [6, 6.07) is 3.77. The average Bonchev–Trinajstić information content (AvgIpc) is 2.71. The van der Waals surface area contributed by atoms with Gasteiger partial charge in [-0.2, -0.15) is 0 Å². The van der Waals surface area contributed by atoms with Crippen molar-refractivity contribution in [3.8, 4) is 23.9 Å². The molecule has 13 heavy (non-hydrogen) atoms. The molecule has 2 aromatic heterocycles. The Morgan fingerprint density at radius 2 is 2.54 bits per heavy atom. The molecule has 2 heterocycles. The van der Waals surface area contributed by atoms with Crippen molar-refractivity contribution in [1.29, 1.82) is 0 Å². The molecule has 1 N–H and O–H groups in total. The van der Waals surface area contributed by atoms with Gasteiger partial charge in [0.15, 0.2) is 5.82 Å². The second-order valence-electron chi connectivity index (χ2n) is 2.45. The molecule has 5 heteroatoms. The minimum absolute atomic E-state index is 0.376. The lowest BCUT2D eigenvalue weighted by Gasteiger charge is -1.96. The van der Waals surface area contributed by atoms with E-state index < -0.39 is 0 Å². The summed E-state index contributed by atoms with van der Waals surface area (Å²) < 4.78 is 1.56. The maximum Gasteiger partial charge on any atom is 0.199 e. The molecule has 64 valence electrons. The number of rotatable bonds is 2. The van der Waals surface area contributed by atoms with Crippen LogP contribution in [0, 0.1) is 12.3 Å². The number of nitrogens with one attached hydrogen (secondary N) is 1. The molecule has 0 aliphatic heterocycles. The number of aromatic amines is 1. The topological polar surface area (TPSA) is 59.4 Å². The number of hydrogen-bond donors (Lipinski definition) is 1. The highest BCUT2D eigenvalue weighted by molar-refractivity contribution is 5.48. The SMILES string of the molecule is C#CCn1nnnc1-c1ccc[nH]1. The number of terminal acetylenes is 1. The van der Waals surface area contributed by atoms with Crippen LogP contribution in [-0.2, 0) is 6.54 Å². The van der Waals surface area contributed by atoms with Gasteiger partial charge in [0.2, 0.25) is 0 Å². The van der Waals surface area contributed by atoms with Crippen LogP contribution in [0.5, 0.6) is 0 Å². The van der Waals surface area contributed by atoms with Gasteiger partial charge in [0.1, 0.15) is 6.54 Å². The molecule has 2 aromatic rings. The summed E-state index contributed by atoms with van der Waals surface area (Å²) in [6.07, 6.45) is 6.98. The zero-order valence-electron chi connectivity index (χ0n) is 6.81. The third-order valence-corrected chi connectivity index (χ3v) is 1.61. The molecule has 2 rings (SSSR count). The van der Waals surface area contributed by atoms with E-state index >= 15 is 0 Å². The molecule has 0 atom stereocenters. The highest BCUT2D eigenvalue weighted by atomic mass is 15.5. The Morgan fingerprint density at radius 3 is 3.23 bits per heavy atom. The quantitative estimate of drug-likeness (QED) is 0.664. The molecule has 0 saturated heterocycles. The molecule has 0 amide bonds. The number of H-pyrrole nitrogens is 1. The maximum atomic E-state index is 5.17. The lowest BCUT2D eigenvalue weighted by Crippen LogP contribution is -2.00. The van der Waals surface area contributed by atoms with E-state index in [1.807, 2.05) is 18.3 Å². The Bertz CT molecular complexity index is 420. The smallest absolute Gasteiger partial charge is 0.199 e. The molecule has 0 bridgehead atoms. The van der Waals surface area contributed by atoms with E-state index in [1.54, 1.807) is 4.68 Å². The number of aromatic nitrogens is 5. The van der Waals surface area contributed by atoms with Crippen molar-refractivity contribution in [2.24, 2.45) is 0 Å². The zero-order valence-corrected chi connectivity index (χ0v) is 6.81. The van der Waals surface area contributed by atoms with Crippen LogP contribution in [0.2, 0.25) is 0 Å². The minimum atomic E-state index is 0.376. The summed E-state index contributed by atoms with van der Waals surface area (Å²) in [7, 11) is 0. The van der Waals surface area contributed by atoms with Crippen LogP contribution in [0.1, 0.15) is 0 Å². The van der Waals surface area contributed by atoms with Gasteiger partial charge in [-0.25, -0.2) is 4.68 Å². The maximum absolute atomic E-state index is 5.17. The Hall–Kier alpha value is -2.09. The monoisotopic (exact) mass is 173 g/mol. The van der Waals surface area contributed by atoms with Gasteiger partial charge in [-0.05, 0) is 22.6 Å². The van der Waals surface area contributed by atoms with Crippen LogP contribution in [-0.4, -0.2) is 25.2 Å². The standard InChI is InChI=1S/C8H7N5/c1-2-6-13-8(10-11-12-13)7-4-3-5-9-7/h1,3-5,9H,6H2. The fourth-order valence-corrected chi connectivity index (χ4v) is 1.06. The molecule has 0 saturated carbocycles. The van der Waals surface area contributed by atoms with Crippen molar-refractivity contribution in [2.75, 3.05) is 0 Å². The van der Waals surface area contributed by atoms with Crippen molar-refractivity contribution >= 4 is 0 Å². The highest BCUT2D eigenvalue weighted by Crippen LogP contribution is 2.11. The molecule has 5 nitrogen and oxygen atoms in total. The first-order valence-corrected chi connectivity index (χ1v) is 3.75. The lowest BCUT2D eigenvalue weighted by molar-refractivity contribution is 0.675. The minimum Gasteiger partial charge on any atom is -0.359 e. The van der Waals surface area contributed by atoms with E-state index in [2.05, 4.69) is 26.4 Å². The molecule has 0 spiro atoms. The van der Waals surface area contributed by atoms with E-state index in [0.29, 0.717) is 12.4 Å². The molecular weight excluding hydrogens is 166 g/mol. The second-order valence-corrected chi connectivity index (χ2v) is 2.45. The van der Waals surface area contributed by atoms with Crippen LogP contribution in [0.25, 0.3) is 11.5 Å². The van der Waals surface area contributed by atoms with E-state index in [-0.39, 0.29) is 0 Å². The summed E-state index contributed by atoms with van der Waals surface area (Å²) in [4.78, 5) is 3.01. The Labute approximate surface area is 74.8 Å². The van der Waals surface area contributed by atoms with Crippen LogP contribution in [0.15, 0.2) is 18.3 Å². The average molecular weight is 173 g/mol. The molecule has 0 fully saturated rings. The van der Waals surface area contributed by atoms with Gasteiger partial charge < -0.3 is 4.98 Å². The van der Waals surface area contributed by atoms with Crippen molar-refractivity contribution in [2.45, 2.75) is 6.54 Å². The van der Waals surface area contributed by atoms with Gasteiger partial charge in [-0.15, -0.1) is 11.5 Å². The summed E-state index contributed by atoms with van der Waals surface area (Å²) in [5.74, 6) is 3.13. The number of hydrogen-bond acceptors (Lipinski definition) is 3. The van der Waals surface area contributed by atoms with E-state index in [1.165, 1.54) is 0 Å². The Morgan fingerprint density at radius 1 is 1.62 bits per heavy atom. The number of nitrogens with zero attached hydrogens (tertiary/aromatic N) is 4. The van der Waals surface area contributed by atoms with E-state index in [4.69, 9.17) is 6.42 Å². The summed E-state index contributed by atoms with van der Waals surface area (Å²) in [5, 5.41) is 11.2. The van der Waals surface area contributed by atoms with Crippen LogP contribution >= 0.6 is 0 Å². The zero-order chi connectivity index (χ0) is 9.10. The molecular formula is C8H7N5. The molecule has 0 aliphatic carbocycles. The lowest BCUT2D eigenvalue weighted by atomic mass is 10.4. The second kappa shape index (κ2) is 3.11. The summed E-state index contributed by atoms with van der Waals surface area (Å²) >= 11 is 0. The van der Waals surface area contributed by atoms with Gasteiger partial charge in [0.25, 0.3) is 0 Å². The number of tetrazole rings is 1. The first-order chi connectivity index (χ1) is 6.42. The summed E-state index contributed by atoms with van der Waals surface area (Å²) in [6.45, 7) is 0.376. The molecule has 0 unspecified atom stereocenters. The molecule has 0 aromatic carbocycles. The fourth-order valence-electron chi connectivity index (χ4n) is 1.06. The molecule has 0 radical (unpaired) electrons. The van der Waals surface area contributed by atoms with Crippen molar-refractivity contribution in [3.05, 3.63) is 18.3 Å². The first kappa shape index (κ1) is 7.55.